The first kappa shape index (κ1) is 10.3. The molecule has 74 valence electrons. The van der Waals surface area contributed by atoms with Crippen molar-refractivity contribution in [2.24, 2.45) is 17.0 Å². The molecule has 0 fully saturated rings. The lowest BCUT2D eigenvalue weighted by Gasteiger charge is -2.22. The molecule has 1 aliphatic rings. The van der Waals surface area contributed by atoms with Crippen LogP contribution >= 0.6 is 0 Å². The molecule has 0 aromatic heterocycles. The fourth-order valence-electron chi connectivity index (χ4n) is 1.73. The zero-order chi connectivity index (χ0) is 9.84. The molecule has 0 radical (unpaired) electrons. The Labute approximate surface area is 80.7 Å². The van der Waals surface area contributed by atoms with Gasteiger partial charge in [-0.2, -0.15) is 0 Å². The van der Waals surface area contributed by atoms with Crippen molar-refractivity contribution in [1.29, 1.82) is 0 Å². The van der Waals surface area contributed by atoms with Gasteiger partial charge in [0.15, 0.2) is 0 Å². The minimum atomic E-state index is 0.213. The van der Waals surface area contributed by atoms with Crippen molar-refractivity contribution in [3.63, 3.8) is 0 Å². The Hall–Kier alpha value is -0.790. The second-order valence-electron chi connectivity index (χ2n) is 4.04. The standard InChI is InChI=1S/C11H19NO/c1-5-6-11-10(4)8(2)7-9(3)12-13-11/h5,8,10-11H,1,6-7H2,2-4H3/t8?,10-,11-/m1/s1. The van der Waals surface area contributed by atoms with E-state index >= 15 is 0 Å². The van der Waals surface area contributed by atoms with Gasteiger partial charge >= 0.3 is 0 Å². The molecule has 2 heteroatoms. The van der Waals surface area contributed by atoms with Crippen molar-refractivity contribution in [3.05, 3.63) is 12.7 Å². The molecular formula is C11H19NO. The Morgan fingerprint density at radius 3 is 2.92 bits per heavy atom. The van der Waals surface area contributed by atoms with Crippen LogP contribution in [0.15, 0.2) is 17.8 Å². The van der Waals surface area contributed by atoms with Gasteiger partial charge in [-0.3, -0.25) is 0 Å². The van der Waals surface area contributed by atoms with Crippen LogP contribution in [0.3, 0.4) is 0 Å². The quantitative estimate of drug-likeness (QED) is 0.600. The lowest BCUT2D eigenvalue weighted by molar-refractivity contribution is 0.0156. The van der Waals surface area contributed by atoms with Crippen molar-refractivity contribution in [3.8, 4) is 0 Å². The van der Waals surface area contributed by atoms with Gasteiger partial charge in [-0.05, 0) is 25.2 Å². The Kier molecular flexibility index (Phi) is 3.52. The normalized spacial score (nSPS) is 34.4. The second kappa shape index (κ2) is 4.45. The van der Waals surface area contributed by atoms with Crippen molar-refractivity contribution in [2.45, 2.75) is 39.7 Å². The lowest BCUT2D eigenvalue weighted by atomic mass is 9.86. The molecule has 0 amide bonds. The van der Waals surface area contributed by atoms with Crippen molar-refractivity contribution in [2.75, 3.05) is 0 Å². The van der Waals surface area contributed by atoms with Crippen molar-refractivity contribution in [1.82, 2.24) is 0 Å². The first-order chi connectivity index (χ1) is 6.15. The van der Waals surface area contributed by atoms with Crippen molar-refractivity contribution >= 4 is 5.71 Å². The van der Waals surface area contributed by atoms with E-state index in [1.807, 2.05) is 13.0 Å². The highest BCUT2D eigenvalue weighted by Crippen LogP contribution is 2.26. The fourth-order valence-corrected chi connectivity index (χ4v) is 1.73. The van der Waals surface area contributed by atoms with Crippen molar-refractivity contribution < 1.29 is 4.84 Å². The summed E-state index contributed by atoms with van der Waals surface area (Å²) in [6.07, 6.45) is 4.06. The topological polar surface area (TPSA) is 21.6 Å². The van der Waals surface area contributed by atoms with E-state index in [-0.39, 0.29) is 6.10 Å². The van der Waals surface area contributed by atoms with Gasteiger partial charge in [-0.15, -0.1) is 6.58 Å². The monoisotopic (exact) mass is 181 g/mol. The van der Waals surface area contributed by atoms with Gasteiger partial charge < -0.3 is 4.84 Å². The lowest BCUT2D eigenvalue weighted by Crippen LogP contribution is -2.23. The summed E-state index contributed by atoms with van der Waals surface area (Å²) in [5.41, 5.74) is 1.10. The second-order valence-corrected chi connectivity index (χ2v) is 4.04. The molecular weight excluding hydrogens is 162 g/mol. The molecule has 3 atom stereocenters. The average Bonchev–Trinajstić information content (AvgIpc) is 2.19. The number of hydrogen-bond donors (Lipinski definition) is 0. The zero-order valence-corrected chi connectivity index (χ0v) is 8.79. The van der Waals surface area contributed by atoms with Gasteiger partial charge in [0, 0.05) is 6.42 Å². The Morgan fingerprint density at radius 1 is 1.62 bits per heavy atom. The number of hydrogen-bond acceptors (Lipinski definition) is 2. The van der Waals surface area contributed by atoms with Gasteiger partial charge in [0.05, 0.1) is 5.71 Å². The number of oxime groups is 1. The minimum Gasteiger partial charge on any atom is -0.392 e. The maximum Gasteiger partial charge on any atom is 0.133 e. The predicted octanol–water partition coefficient (Wildman–Crippen LogP) is 3.00. The molecule has 0 saturated carbocycles. The molecule has 2 nitrogen and oxygen atoms in total. The van der Waals surface area contributed by atoms with E-state index in [1.54, 1.807) is 0 Å². The first-order valence-corrected chi connectivity index (χ1v) is 4.95. The zero-order valence-electron chi connectivity index (χ0n) is 8.79. The summed E-state index contributed by atoms with van der Waals surface area (Å²) in [5, 5.41) is 4.09. The maximum atomic E-state index is 5.46. The highest BCUT2D eigenvalue weighted by atomic mass is 16.6. The summed E-state index contributed by atoms with van der Waals surface area (Å²) in [5.74, 6) is 1.20. The number of rotatable bonds is 2. The molecule has 0 aliphatic carbocycles. The van der Waals surface area contributed by atoms with E-state index in [0.717, 1.165) is 18.6 Å². The molecule has 0 aromatic rings. The average molecular weight is 181 g/mol. The summed E-state index contributed by atoms with van der Waals surface area (Å²) in [6, 6.07) is 0. The van der Waals surface area contributed by atoms with E-state index in [1.165, 1.54) is 0 Å². The molecule has 0 N–H and O–H groups in total. The van der Waals surface area contributed by atoms with Crippen LogP contribution in [0.1, 0.15) is 33.6 Å². The number of nitrogens with zero attached hydrogens (tertiary/aromatic N) is 1. The first-order valence-electron chi connectivity index (χ1n) is 4.95. The van der Waals surface area contributed by atoms with Gasteiger partial charge in [0.2, 0.25) is 0 Å². The van der Waals surface area contributed by atoms with Crippen LogP contribution in [0.4, 0.5) is 0 Å². The summed E-state index contributed by atoms with van der Waals surface area (Å²) in [6.45, 7) is 10.3. The highest BCUT2D eigenvalue weighted by Gasteiger charge is 2.26. The summed E-state index contributed by atoms with van der Waals surface area (Å²) >= 11 is 0. The van der Waals surface area contributed by atoms with Gasteiger partial charge in [-0.1, -0.05) is 25.1 Å². The molecule has 1 rings (SSSR count). The van der Waals surface area contributed by atoms with E-state index in [9.17, 15) is 0 Å². The van der Waals surface area contributed by atoms with Crippen LogP contribution in [0, 0.1) is 11.8 Å². The molecule has 1 unspecified atom stereocenters. The third kappa shape index (κ3) is 2.58. The van der Waals surface area contributed by atoms with E-state index in [4.69, 9.17) is 4.84 Å². The Bertz CT molecular complexity index is 210. The molecule has 13 heavy (non-hydrogen) atoms. The molecule has 0 aromatic carbocycles. The Balaban J connectivity index is 2.67. The van der Waals surface area contributed by atoms with Crippen LogP contribution in [-0.2, 0) is 4.84 Å². The van der Waals surface area contributed by atoms with Crippen LogP contribution in [0.5, 0.6) is 0 Å². The molecule has 1 heterocycles. The van der Waals surface area contributed by atoms with E-state index in [0.29, 0.717) is 11.8 Å². The third-order valence-electron chi connectivity index (χ3n) is 2.84. The molecule has 0 spiro atoms. The summed E-state index contributed by atoms with van der Waals surface area (Å²) in [7, 11) is 0. The van der Waals surface area contributed by atoms with Crippen LogP contribution < -0.4 is 0 Å². The van der Waals surface area contributed by atoms with Gasteiger partial charge in [0.1, 0.15) is 6.10 Å². The fraction of sp³-hybridized carbons (Fsp3) is 0.727. The van der Waals surface area contributed by atoms with E-state index < -0.39 is 0 Å². The van der Waals surface area contributed by atoms with Crippen LogP contribution in [0.2, 0.25) is 0 Å². The highest BCUT2D eigenvalue weighted by molar-refractivity contribution is 5.81. The maximum absolute atomic E-state index is 5.46. The van der Waals surface area contributed by atoms with Crippen LogP contribution in [-0.4, -0.2) is 11.8 Å². The summed E-state index contributed by atoms with van der Waals surface area (Å²) in [4.78, 5) is 5.46. The van der Waals surface area contributed by atoms with Gasteiger partial charge in [-0.25, -0.2) is 0 Å². The molecule has 0 bridgehead atoms. The Morgan fingerprint density at radius 2 is 2.31 bits per heavy atom. The smallest absolute Gasteiger partial charge is 0.133 e. The predicted molar refractivity (Wildman–Crippen MR) is 55.7 cm³/mol. The SMILES string of the molecule is C=CC[C@H]1ON=C(C)CC(C)[C@H]1C. The largest absolute Gasteiger partial charge is 0.392 e. The molecule has 1 aliphatic heterocycles. The minimum absolute atomic E-state index is 0.213. The third-order valence-corrected chi connectivity index (χ3v) is 2.84. The molecule has 0 saturated heterocycles. The van der Waals surface area contributed by atoms with E-state index in [2.05, 4.69) is 25.6 Å². The van der Waals surface area contributed by atoms with Crippen LogP contribution in [0.25, 0.3) is 0 Å². The van der Waals surface area contributed by atoms with Gasteiger partial charge in [0.25, 0.3) is 0 Å². The summed E-state index contributed by atoms with van der Waals surface area (Å²) < 4.78 is 0.